The Balaban J connectivity index is 2.43. The van der Waals surface area contributed by atoms with Crippen LogP contribution < -0.4 is 4.74 Å². The van der Waals surface area contributed by atoms with Gasteiger partial charge < -0.3 is 9.84 Å². The van der Waals surface area contributed by atoms with E-state index in [1.54, 1.807) is 12.1 Å². The highest BCUT2D eigenvalue weighted by Crippen LogP contribution is 2.27. The van der Waals surface area contributed by atoms with Crippen molar-refractivity contribution in [3.8, 4) is 5.75 Å². The molecule has 0 aliphatic rings. The minimum Gasteiger partial charge on any atom is -0.492 e. The minimum absolute atomic E-state index is 0.103. The van der Waals surface area contributed by atoms with E-state index in [2.05, 4.69) is 15.9 Å². The SMILES string of the molecule is O=C(O)CCCOc1cc(Br)ccc1Cl. The summed E-state index contributed by atoms with van der Waals surface area (Å²) in [6, 6.07) is 5.29. The summed E-state index contributed by atoms with van der Waals surface area (Å²) in [6.45, 7) is 0.350. The Kier molecular flexibility index (Phi) is 4.91. The lowest BCUT2D eigenvalue weighted by Gasteiger charge is -2.07. The summed E-state index contributed by atoms with van der Waals surface area (Å²) in [7, 11) is 0. The number of halogens is 2. The number of carboxylic acids is 1. The summed E-state index contributed by atoms with van der Waals surface area (Å²) in [6.07, 6.45) is 0.573. The molecule has 0 aromatic heterocycles. The molecule has 1 aromatic rings. The fourth-order valence-electron chi connectivity index (χ4n) is 0.993. The fraction of sp³-hybridized carbons (Fsp3) is 0.300. The smallest absolute Gasteiger partial charge is 0.303 e. The average molecular weight is 294 g/mol. The highest BCUT2D eigenvalue weighted by atomic mass is 79.9. The maximum Gasteiger partial charge on any atom is 0.303 e. The van der Waals surface area contributed by atoms with Gasteiger partial charge in [-0.2, -0.15) is 0 Å². The molecule has 0 aliphatic heterocycles. The molecule has 5 heteroatoms. The van der Waals surface area contributed by atoms with E-state index in [1.807, 2.05) is 6.07 Å². The zero-order valence-corrected chi connectivity index (χ0v) is 10.2. The van der Waals surface area contributed by atoms with E-state index in [1.165, 1.54) is 0 Å². The maximum absolute atomic E-state index is 10.2. The van der Waals surface area contributed by atoms with Gasteiger partial charge in [-0.25, -0.2) is 0 Å². The van der Waals surface area contributed by atoms with Crippen LogP contribution in [0.4, 0.5) is 0 Å². The van der Waals surface area contributed by atoms with Crippen molar-refractivity contribution in [2.24, 2.45) is 0 Å². The molecular weight excluding hydrogens is 283 g/mol. The van der Waals surface area contributed by atoms with Gasteiger partial charge in [0.25, 0.3) is 0 Å². The van der Waals surface area contributed by atoms with Gasteiger partial charge in [0.1, 0.15) is 5.75 Å². The van der Waals surface area contributed by atoms with Crippen LogP contribution in [0.5, 0.6) is 5.75 Å². The first-order valence-electron chi connectivity index (χ1n) is 4.39. The van der Waals surface area contributed by atoms with E-state index in [9.17, 15) is 4.79 Å². The van der Waals surface area contributed by atoms with Gasteiger partial charge in [-0.05, 0) is 24.6 Å². The van der Waals surface area contributed by atoms with Crippen molar-refractivity contribution in [1.82, 2.24) is 0 Å². The Morgan fingerprint density at radius 2 is 2.27 bits per heavy atom. The molecule has 15 heavy (non-hydrogen) atoms. The first-order valence-corrected chi connectivity index (χ1v) is 5.56. The molecule has 0 unspecified atom stereocenters. The normalized spacial score (nSPS) is 10.0. The van der Waals surface area contributed by atoms with Crippen LogP contribution in [-0.4, -0.2) is 17.7 Å². The van der Waals surface area contributed by atoms with Crippen LogP contribution in [0.3, 0.4) is 0 Å². The van der Waals surface area contributed by atoms with Gasteiger partial charge in [-0.15, -0.1) is 0 Å². The number of ether oxygens (including phenoxy) is 1. The molecule has 82 valence electrons. The molecule has 1 rings (SSSR count). The number of carbonyl (C=O) groups is 1. The van der Waals surface area contributed by atoms with E-state index >= 15 is 0 Å². The number of hydrogen-bond acceptors (Lipinski definition) is 2. The monoisotopic (exact) mass is 292 g/mol. The molecule has 0 fully saturated rings. The average Bonchev–Trinajstić information content (AvgIpc) is 2.17. The van der Waals surface area contributed by atoms with Crippen LogP contribution in [-0.2, 0) is 4.79 Å². The molecule has 0 saturated carbocycles. The molecule has 0 spiro atoms. The van der Waals surface area contributed by atoms with Crippen molar-refractivity contribution in [1.29, 1.82) is 0 Å². The zero-order valence-electron chi connectivity index (χ0n) is 7.87. The lowest BCUT2D eigenvalue weighted by molar-refractivity contribution is -0.137. The number of carboxylic acid groups (broad SMARTS) is 1. The minimum atomic E-state index is -0.820. The van der Waals surface area contributed by atoms with Crippen LogP contribution in [0.25, 0.3) is 0 Å². The van der Waals surface area contributed by atoms with E-state index in [0.29, 0.717) is 23.8 Å². The lowest BCUT2D eigenvalue weighted by atomic mass is 10.3. The summed E-state index contributed by atoms with van der Waals surface area (Å²) in [5.74, 6) is -0.254. The van der Waals surface area contributed by atoms with E-state index in [-0.39, 0.29) is 6.42 Å². The third-order valence-corrected chi connectivity index (χ3v) is 2.49. The molecule has 1 N–H and O–H groups in total. The van der Waals surface area contributed by atoms with Crippen molar-refractivity contribution >= 4 is 33.5 Å². The number of hydrogen-bond donors (Lipinski definition) is 1. The highest BCUT2D eigenvalue weighted by molar-refractivity contribution is 9.10. The Morgan fingerprint density at radius 1 is 1.53 bits per heavy atom. The molecule has 3 nitrogen and oxygen atoms in total. The van der Waals surface area contributed by atoms with Crippen molar-refractivity contribution in [3.05, 3.63) is 27.7 Å². The molecule has 0 saturated heterocycles. The molecule has 0 radical (unpaired) electrons. The predicted octanol–water partition coefficient (Wildman–Crippen LogP) is 3.35. The molecular formula is C10H10BrClO3. The Hall–Kier alpha value is -0.740. The van der Waals surface area contributed by atoms with Gasteiger partial charge >= 0.3 is 5.97 Å². The number of rotatable bonds is 5. The van der Waals surface area contributed by atoms with Crippen molar-refractivity contribution < 1.29 is 14.6 Å². The highest BCUT2D eigenvalue weighted by Gasteiger charge is 2.03. The molecule has 0 aliphatic carbocycles. The lowest BCUT2D eigenvalue weighted by Crippen LogP contribution is -2.02. The van der Waals surface area contributed by atoms with E-state index in [0.717, 1.165) is 4.47 Å². The summed E-state index contributed by atoms with van der Waals surface area (Å²) in [4.78, 5) is 10.2. The van der Waals surface area contributed by atoms with Crippen molar-refractivity contribution in [2.75, 3.05) is 6.61 Å². The van der Waals surface area contributed by atoms with E-state index < -0.39 is 5.97 Å². The standard InChI is InChI=1S/C10H10BrClO3/c11-7-3-4-8(12)9(6-7)15-5-1-2-10(13)14/h3-4,6H,1-2,5H2,(H,13,14). The summed E-state index contributed by atoms with van der Waals surface area (Å²) in [5.41, 5.74) is 0. The first kappa shape index (κ1) is 12.3. The van der Waals surface area contributed by atoms with Crippen molar-refractivity contribution in [2.45, 2.75) is 12.8 Å². The second-order valence-corrected chi connectivity index (χ2v) is 4.24. The summed E-state index contributed by atoms with van der Waals surface area (Å²) >= 11 is 9.17. The van der Waals surface area contributed by atoms with Gasteiger partial charge in [0.15, 0.2) is 0 Å². The number of benzene rings is 1. The largest absolute Gasteiger partial charge is 0.492 e. The summed E-state index contributed by atoms with van der Waals surface area (Å²) < 4.78 is 6.22. The Morgan fingerprint density at radius 3 is 2.93 bits per heavy atom. The van der Waals surface area contributed by atoms with Gasteiger partial charge in [-0.3, -0.25) is 4.79 Å². The molecule has 0 atom stereocenters. The van der Waals surface area contributed by atoms with Gasteiger partial charge in [-0.1, -0.05) is 27.5 Å². The van der Waals surface area contributed by atoms with Crippen LogP contribution in [0.15, 0.2) is 22.7 Å². The van der Waals surface area contributed by atoms with Crippen molar-refractivity contribution in [3.63, 3.8) is 0 Å². The third-order valence-electron chi connectivity index (χ3n) is 1.69. The first-order chi connectivity index (χ1) is 7.09. The van der Waals surface area contributed by atoms with Crippen LogP contribution >= 0.6 is 27.5 Å². The van der Waals surface area contributed by atoms with Crippen LogP contribution in [0.1, 0.15) is 12.8 Å². The van der Waals surface area contributed by atoms with Gasteiger partial charge in [0.2, 0.25) is 0 Å². The second kappa shape index (κ2) is 5.98. The maximum atomic E-state index is 10.2. The number of aliphatic carboxylic acids is 1. The predicted molar refractivity (Wildman–Crippen MR) is 61.5 cm³/mol. The third kappa shape index (κ3) is 4.53. The zero-order chi connectivity index (χ0) is 11.3. The molecule has 0 amide bonds. The molecule has 0 bridgehead atoms. The second-order valence-electron chi connectivity index (χ2n) is 2.92. The van der Waals surface area contributed by atoms with Crippen LogP contribution in [0, 0.1) is 0 Å². The molecule has 0 heterocycles. The Bertz CT molecular complexity index is 355. The van der Waals surface area contributed by atoms with Gasteiger partial charge in [0.05, 0.1) is 11.6 Å². The quantitative estimate of drug-likeness (QED) is 0.847. The fourth-order valence-corrected chi connectivity index (χ4v) is 1.51. The topological polar surface area (TPSA) is 46.5 Å². The van der Waals surface area contributed by atoms with E-state index in [4.69, 9.17) is 21.4 Å². The molecule has 1 aromatic carbocycles. The van der Waals surface area contributed by atoms with Crippen LogP contribution in [0.2, 0.25) is 5.02 Å². The summed E-state index contributed by atoms with van der Waals surface area (Å²) in [5, 5.41) is 8.94. The Labute approximate surface area is 101 Å². The van der Waals surface area contributed by atoms with Gasteiger partial charge in [0, 0.05) is 10.9 Å².